The largest absolute Gasteiger partial charge is 0.399 e. The van der Waals surface area contributed by atoms with Gasteiger partial charge in [0.25, 0.3) is 0 Å². The summed E-state index contributed by atoms with van der Waals surface area (Å²) in [5.74, 6) is 0. The molecule has 0 spiro atoms. The van der Waals surface area contributed by atoms with E-state index in [2.05, 4.69) is 51.6 Å². The standard InChI is InChI=1S/C18H20N2/c1-12(2)18(15-8-5-13(3)6-9-15)20-17-11-16(19)10-7-14(17)4/h5-11H,4,19H2,1-3H3. The SMILES string of the molecule is C=C1C=CC(N)=CC1=NC(=C(C)C)c1ccc(C)cc1. The summed E-state index contributed by atoms with van der Waals surface area (Å²) in [7, 11) is 0. The summed E-state index contributed by atoms with van der Waals surface area (Å²) >= 11 is 0. The highest BCUT2D eigenvalue weighted by Gasteiger charge is 2.08. The van der Waals surface area contributed by atoms with Crippen LogP contribution in [0, 0.1) is 6.92 Å². The van der Waals surface area contributed by atoms with Gasteiger partial charge in [0.05, 0.1) is 11.4 Å². The smallest absolute Gasteiger partial charge is 0.0724 e. The number of aryl methyl sites for hydroxylation is 1. The van der Waals surface area contributed by atoms with Gasteiger partial charge in [-0.15, -0.1) is 0 Å². The van der Waals surface area contributed by atoms with Gasteiger partial charge in [0.1, 0.15) is 0 Å². The number of benzene rings is 1. The van der Waals surface area contributed by atoms with Gasteiger partial charge in [-0.1, -0.05) is 48.1 Å². The van der Waals surface area contributed by atoms with Crippen LogP contribution in [0.25, 0.3) is 5.70 Å². The van der Waals surface area contributed by atoms with Crippen LogP contribution in [-0.4, -0.2) is 5.71 Å². The Labute approximate surface area is 120 Å². The van der Waals surface area contributed by atoms with E-state index in [0.29, 0.717) is 5.70 Å². The van der Waals surface area contributed by atoms with Gasteiger partial charge in [-0.05, 0) is 38.5 Å². The lowest BCUT2D eigenvalue weighted by Gasteiger charge is -2.11. The Bertz CT molecular complexity index is 649. The van der Waals surface area contributed by atoms with Crippen LogP contribution in [0.5, 0.6) is 0 Å². The molecule has 0 atom stereocenters. The molecule has 0 aliphatic heterocycles. The van der Waals surface area contributed by atoms with Crippen molar-refractivity contribution in [2.24, 2.45) is 10.7 Å². The fourth-order valence-electron chi connectivity index (χ4n) is 1.98. The second kappa shape index (κ2) is 5.74. The Hall–Kier alpha value is -2.35. The fourth-order valence-corrected chi connectivity index (χ4v) is 1.98. The molecule has 0 bridgehead atoms. The van der Waals surface area contributed by atoms with Gasteiger partial charge in [0, 0.05) is 11.3 Å². The third-order valence-corrected chi connectivity index (χ3v) is 3.14. The summed E-state index contributed by atoms with van der Waals surface area (Å²) in [5, 5.41) is 0. The van der Waals surface area contributed by atoms with Crippen LogP contribution in [0.15, 0.2) is 70.9 Å². The van der Waals surface area contributed by atoms with Gasteiger partial charge in [0.2, 0.25) is 0 Å². The zero-order valence-corrected chi connectivity index (χ0v) is 12.3. The molecule has 2 N–H and O–H groups in total. The lowest BCUT2D eigenvalue weighted by Crippen LogP contribution is -2.07. The molecule has 20 heavy (non-hydrogen) atoms. The molecule has 102 valence electrons. The third-order valence-electron chi connectivity index (χ3n) is 3.14. The van der Waals surface area contributed by atoms with Crippen LogP contribution in [0.1, 0.15) is 25.0 Å². The molecule has 0 unspecified atom stereocenters. The predicted octanol–water partition coefficient (Wildman–Crippen LogP) is 4.16. The lowest BCUT2D eigenvalue weighted by molar-refractivity contribution is 1.32. The first-order chi connectivity index (χ1) is 9.47. The van der Waals surface area contributed by atoms with E-state index < -0.39 is 0 Å². The minimum Gasteiger partial charge on any atom is -0.399 e. The summed E-state index contributed by atoms with van der Waals surface area (Å²) in [5.41, 5.74) is 12.7. The molecule has 0 fully saturated rings. The predicted molar refractivity (Wildman–Crippen MR) is 87.4 cm³/mol. The molecule has 1 aliphatic carbocycles. The van der Waals surface area contributed by atoms with Gasteiger partial charge in [0.15, 0.2) is 0 Å². The minimum atomic E-state index is 0.702. The number of hydrogen-bond donors (Lipinski definition) is 1. The molecular formula is C18H20N2. The molecule has 0 aromatic heterocycles. The number of nitrogens with zero attached hydrogens (tertiary/aromatic N) is 1. The average Bonchev–Trinajstić information content (AvgIpc) is 2.40. The van der Waals surface area contributed by atoms with E-state index in [9.17, 15) is 0 Å². The molecule has 0 amide bonds. The van der Waals surface area contributed by atoms with Crippen molar-refractivity contribution in [1.29, 1.82) is 0 Å². The highest BCUT2D eigenvalue weighted by Crippen LogP contribution is 2.23. The first kappa shape index (κ1) is 14.1. The summed E-state index contributed by atoms with van der Waals surface area (Å²) in [6.07, 6.45) is 5.60. The molecule has 2 rings (SSSR count). The van der Waals surface area contributed by atoms with E-state index >= 15 is 0 Å². The molecule has 2 heteroatoms. The summed E-state index contributed by atoms with van der Waals surface area (Å²) < 4.78 is 0. The number of aliphatic imine (C=N–C) groups is 1. The zero-order valence-electron chi connectivity index (χ0n) is 12.3. The van der Waals surface area contributed by atoms with E-state index in [4.69, 9.17) is 10.7 Å². The van der Waals surface area contributed by atoms with Crippen molar-refractivity contribution >= 4 is 11.4 Å². The summed E-state index contributed by atoms with van der Waals surface area (Å²) in [4.78, 5) is 4.76. The minimum absolute atomic E-state index is 0.702. The van der Waals surface area contributed by atoms with E-state index in [1.807, 2.05) is 18.2 Å². The maximum Gasteiger partial charge on any atom is 0.0724 e. The Morgan fingerprint density at radius 2 is 1.75 bits per heavy atom. The number of rotatable bonds is 2. The maximum absolute atomic E-state index is 5.83. The van der Waals surface area contributed by atoms with Crippen LogP contribution in [0.3, 0.4) is 0 Å². The molecule has 2 nitrogen and oxygen atoms in total. The highest BCUT2D eigenvalue weighted by molar-refractivity contribution is 6.13. The van der Waals surface area contributed by atoms with Crippen molar-refractivity contribution in [2.45, 2.75) is 20.8 Å². The topological polar surface area (TPSA) is 38.4 Å². The Morgan fingerprint density at radius 3 is 2.35 bits per heavy atom. The van der Waals surface area contributed by atoms with Crippen LogP contribution >= 0.6 is 0 Å². The Morgan fingerprint density at radius 1 is 1.10 bits per heavy atom. The molecule has 0 heterocycles. The Balaban J connectivity index is 2.47. The molecular weight excluding hydrogens is 244 g/mol. The van der Waals surface area contributed by atoms with E-state index in [0.717, 1.165) is 28.1 Å². The maximum atomic E-state index is 5.83. The van der Waals surface area contributed by atoms with Crippen molar-refractivity contribution in [3.8, 4) is 0 Å². The Kier molecular flexibility index (Phi) is 4.04. The second-order valence-electron chi connectivity index (χ2n) is 5.21. The van der Waals surface area contributed by atoms with Gasteiger partial charge in [-0.2, -0.15) is 0 Å². The van der Waals surface area contributed by atoms with E-state index in [-0.39, 0.29) is 0 Å². The van der Waals surface area contributed by atoms with Gasteiger partial charge in [-0.3, -0.25) is 0 Å². The van der Waals surface area contributed by atoms with Crippen LogP contribution in [-0.2, 0) is 0 Å². The number of nitrogens with two attached hydrogens (primary N) is 1. The van der Waals surface area contributed by atoms with Crippen LogP contribution in [0.4, 0.5) is 0 Å². The van der Waals surface area contributed by atoms with Crippen molar-refractivity contribution in [3.63, 3.8) is 0 Å². The molecule has 0 saturated heterocycles. The number of allylic oxidation sites excluding steroid dienone is 5. The molecule has 0 saturated carbocycles. The van der Waals surface area contributed by atoms with Gasteiger partial charge >= 0.3 is 0 Å². The first-order valence-corrected chi connectivity index (χ1v) is 6.65. The third kappa shape index (κ3) is 3.15. The van der Waals surface area contributed by atoms with Crippen LogP contribution < -0.4 is 5.73 Å². The van der Waals surface area contributed by atoms with Gasteiger partial charge < -0.3 is 5.73 Å². The van der Waals surface area contributed by atoms with Crippen molar-refractivity contribution in [3.05, 3.63) is 77.0 Å². The molecule has 1 aromatic rings. The van der Waals surface area contributed by atoms with Crippen molar-refractivity contribution < 1.29 is 0 Å². The lowest BCUT2D eigenvalue weighted by atomic mass is 10.0. The van der Waals surface area contributed by atoms with E-state index in [1.54, 1.807) is 0 Å². The van der Waals surface area contributed by atoms with E-state index in [1.165, 1.54) is 5.56 Å². The monoisotopic (exact) mass is 264 g/mol. The zero-order chi connectivity index (χ0) is 14.7. The molecule has 1 aromatic carbocycles. The number of hydrogen-bond acceptors (Lipinski definition) is 2. The van der Waals surface area contributed by atoms with Crippen molar-refractivity contribution in [2.75, 3.05) is 0 Å². The summed E-state index contributed by atoms with van der Waals surface area (Å²) in [6, 6.07) is 8.38. The highest BCUT2D eigenvalue weighted by atomic mass is 14.8. The van der Waals surface area contributed by atoms with Crippen molar-refractivity contribution in [1.82, 2.24) is 0 Å². The second-order valence-corrected chi connectivity index (χ2v) is 5.21. The average molecular weight is 264 g/mol. The first-order valence-electron chi connectivity index (χ1n) is 6.65. The molecule has 1 aliphatic rings. The molecule has 0 radical (unpaired) electrons. The quantitative estimate of drug-likeness (QED) is 0.856. The normalized spacial score (nSPS) is 16.2. The summed E-state index contributed by atoms with van der Waals surface area (Å²) in [6.45, 7) is 10.2. The van der Waals surface area contributed by atoms with Crippen LogP contribution in [0.2, 0.25) is 0 Å². The van der Waals surface area contributed by atoms with Gasteiger partial charge in [-0.25, -0.2) is 4.99 Å². The fraction of sp³-hybridized carbons (Fsp3) is 0.167.